The van der Waals surface area contributed by atoms with Crippen molar-refractivity contribution in [2.24, 2.45) is 0 Å². The summed E-state index contributed by atoms with van der Waals surface area (Å²) in [5, 5.41) is 23.1. The van der Waals surface area contributed by atoms with Gasteiger partial charge in [0.25, 0.3) is 0 Å². The Morgan fingerprint density at radius 2 is 1.75 bits per heavy atom. The molecule has 96 valence electrons. The topological polar surface area (TPSA) is 52.5 Å². The third-order valence-electron chi connectivity index (χ3n) is 3.45. The average molecular weight is 229 g/mol. The van der Waals surface area contributed by atoms with E-state index < -0.39 is 12.0 Å². The van der Waals surface area contributed by atoms with Gasteiger partial charge in [0.2, 0.25) is 0 Å². The minimum absolute atomic E-state index is 0.547. The van der Waals surface area contributed by atoms with Crippen LogP contribution in [0.2, 0.25) is 0 Å². The fraction of sp³-hybridized carbons (Fsp3) is 1.00. The van der Waals surface area contributed by atoms with Crippen LogP contribution >= 0.6 is 0 Å². The fourth-order valence-corrected chi connectivity index (χ4v) is 2.43. The van der Waals surface area contributed by atoms with Crippen LogP contribution in [0.5, 0.6) is 0 Å². The van der Waals surface area contributed by atoms with Crippen molar-refractivity contribution in [3.8, 4) is 0 Å². The van der Waals surface area contributed by atoms with E-state index >= 15 is 0 Å². The first-order valence-corrected chi connectivity index (χ1v) is 6.84. The number of aliphatic hydroxyl groups is 2. The summed E-state index contributed by atoms with van der Waals surface area (Å²) in [5.74, 6) is 0. The summed E-state index contributed by atoms with van der Waals surface area (Å²) in [6.45, 7) is 2.15. The maximum atomic E-state index is 10.3. The van der Waals surface area contributed by atoms with E-state index in [4.69, 9.17) is 0 Å². The Bertz CT molecular complexity index is 177. The molecule has 1 aliphatic rings. The number of aliphatic hydroxyl groups excluding tert-OH is 1. The van der Waals surface area contributed by atoms with E-state index in [1.54, 1.807) is 0 Å². The molecule has 0 aliphatic heterocycles. The number of nitrogens with one attached hydrogen (secondary N) is 1. The Hall–Kier alpha value is -0.120. The number of rotatable bonds is 6. The summed E-state index contributed by atoms with van der Waals surface area (Å²) >= 11 is 0. The van der Waals surface area contributed by atoms with Gasteiger partial charge in [-0.15, -0.1) is 0 Å². The van der Waals surface area contributed by atoms with Crippen LogP contribution in [0.25, 0.3) is 0 Å². The highest BCUT2D eigenvalue weighted by molar-refractivity contribution is 4.79. The molecular weight excluding hydrogens is 202 g/mol. The van der Waals surface area contributed by atoms with Gasteiger partial charge in [0.1, 0.15) is 12.0 Å². The second kappa shape index (κ2) is 7.25. The first-order chi connectivity index (χ1) is 7.66. The summed E-state index contributed by atoms with van der Waals surface area (Å²) < 4.78 is 0. The molecule has 0 spiro atoms. The van der Waals surface area contributed by atoms with Crippen LogP contribution in [0.4, 0.5) is 0 Å². The van der Waals surface area contributed by atoms with E-state index in [0.717, 1.165) is 51.4 Å². The van der Waals surface area contributed by atoms with Crippen LogP contribution in [0.1, 0.15) is 71.1 Å². The Labute approximate surface area is 99.3 Å². The van der Waals surface area contributed by atoms with Gasteiger partial charge in [0, 0.05) is 0 Å². The quantitative estimate of drug-likeness (QED) is 0.373. The van der Waals surface area contributed by atoms with Crippen molar-refractivity contribution in [1.82, 2.24) is 5.32 Å². The minimum Gasteiger partial charge on any atom is -0.379 e. The van der Waals surface area contributed by atoms with E-state index in [1.165, 1.54) is 12.8 Å². The molecule has 1 unspecified atom stereocenters. The smallest absolute Gasteiger partial charge is 0.117 e. The first-order valence-electron chi connectivity index (χ1n) is 6.84. The zero-order valence-corrected chi connectivity index (χ0v) is 10.5. The summed E-state index contributed by atoms with van der Waals surface area (Å²) in [6, 6.07) is 0. The fourth-order valence-electron chi connectivity index (χ4n) is 2.43. The Morgan fingerprint density at radius 1 is 1.12 bits per heavy atom. The first kappa shape index (κ1) is 13.9. The summed E-state index contributed by atoms with van der Waals surface area (Å²) in [5.41, 5.74) is -0.817. The zero-order valence-electron chi connectivity index (χ0n) is 10.5. The van der Waals surface area contributed by atoms with Crippen LogP contribution in [0.3, 0.4) is 0 Å². The molecule has 3 N–H and O–H groups in total. The minimum atomic E-state index is -0.817. The van der Waals surface area contributed by atoms with Crippen molar-refractivity contribution in [3.63, 3.8) is 0 Å². The van der Waals surface area contributed by atoms with Crippen LogP contribution in [0.15, 0.2) is 0 Å². The van der Waals surface area contributed by atoms with E-state index in [9.17, 15) is 10.2 Å². The molecule has 0 aromatic rings. The molecule has 1 fully saturated rings. The SMILES string of the molecule is CCCCCC(O)NC1(O)CCCCCC1. The highest BCUT2D eigenvalue weighted by Crippen LogP contribution is 2.25. The van der Waals surface area contributed by atoms with Gasteiger partial charge in [-0.2, -0.15) is 0 Å². The predicted molar refractivity (Wildman–Crippen MR) is 65.9 cm³/mol. The van der Waals surface area contributed by atoms with Gasteiger partial charge in [-0.3, -0.25) is 5.32 Å². The second-order valence-electron chi connectivity index (χ2n) is 5.10. The number of unbranched alkanes of at least 4 members (excludes halogenated alkanes) is 2. The summed E-state index contributed by atoms with van der Waals surface area (Å²) in [6.07, 6.45) is 9.62. The normalized spacial score (nSPS) is 22.7. The maximum Gasteiger partial charge on any atom is 0.117 e. The highest BCUT2D eigenvalue weighted by Gasteiger charge is 2.29. The largest absolute Gasteiger partial charge is 0.379 e. The molecule has 0 heterocycles. The van der Waals surface area contributed by atoms with Crippen LogP contribution in [0, 0.1) is 0 Å². The molecule has 0 saturated heterocycles. The van der Waals surface area contributed by atoms with Crippen molar-refractivity contribution < 1.29 is 10.2 Å². The molecule has 16 heavy (non-hydrogen) atoms. The van der Waals surface area contributed by atoms with E-state index in [0.29, 0.717) is 0 Å². The maximum absolute atomic E-state index is 10.3. The Balaban J connectivity index is 2.26. The monoisotopic (exact) mass is 229 g/mol. The van der Waals surface area contributed by atoms with Gasteiger partial charge >= 0.3 is 0 Å². The lowest BCUT2D eigenvalue weighted by molar-refractivity contribution is -0.0592. The third kappa shape index (κ3) is 5.28. The standard InChI is InChI=1S/C13H27NO2/c1-2-3-6-9-12(15)14-13(16)10-7-4-5-8-11-13/h12,14-16H,2-11H2,1H3. The number of hydrogen-bond acceptors (Lipinski definition) is 3. The zero-order chi connectivity index (χ0) is 11.9. The molecule has 1 saturated carbocycles. The van der Waals surface area contributed by atoms with Gasteiger partial charge in [-0.05, 0) is 38.5 Å². The van der Waals surface area contributed by atoms with Crippen molar-refractivity contribution in [1.29, 1.82) is 0 Å². The van der Waals surface area contributed by atoms with Crippen molar-refractivity contribution >= 4 is 0 Å². The van der Waals surface area contributed by atoms with Gasteiger partial charge in [-0.25, -0.2) is 0 Å². The van der Waals surface area contributed by atoms with Crippen LogP contribution in [-0.2, 0) is 0 Å². The van der Waals surface area contributed by atoms with Crippen molar-refractivity contribution in [3.05, 3.63) is 0 Å². The van der Waals surface area contributed by atoms with E-state index in [1.807, 2.05) is 0 Å². The lowest BCUT2D eigenvalue weighted by Gasteiger charge is -2.30. The molecule has 0 radical (unpaired) electrons. The average Bonchev–Trinajstić information content (AvgIpc) is 2.43. The van der Waals surface area contributed by atoms with Gasteiger partial charge < -0.3 is 10.2 Å². The van der Waals surface area contributed by atoms with Gasteiger partial charge in [-0.1, -0.05) is 32.6 Å². The van der Waals surface area contributed by atoms with Crippen LogP contribution < -0.4 is 5.32 Å². The molecule has 0 aromatic carbocycles. The lowest BCUT2D eigenvalue weighted by atomic mass is 10.0. The van der Waals surface area contributed by atoms with E-state index in [-0.39, 0.29) is 0 Å². The molecule has 1 rings (SSSR count). The molecule has 0 amide bonds. The lowest BCUT2D eigenvalue weighted by Crippen LogP contribution is -2.50. The van der Waals surface area contributed by atoms with Crippen molar-refractivity contribution in [2.45, 2.75) is 83.1 Å². The molecule has 3 nitrogen and oxygen atoms in total. The summed E-state index contributed by atoms with van der Waals surface area (Å²) in [4.78, 5) is 0. The molecule has 3 heteroatoms. The van der Waals surface area contributed by atoms with Gasteiger partial charge in [0.05, 0.1) is 0 Å². The Morgan fingerprint density at radius 3 is 2.31 bits per heavy atom. The van der Waals surface area contributed by atoms with Crippen LogP contribution in [-0.4, -0.2) is 22.2 Å². The summed E-state index contributed by atoms with van der Waals surface area (Å²) in [7, 11) is 0. The molecule has 1 aliphatic carbocycles. The molecular formula is C13H27NO2. The predicted octanol–water partition coefficient (Wildman–Crippen LogP) is 2.52. The molecule has 0 aromatic heterocycles. The highest BCUT2D eigenvalue weighted by atomic mass is 16.3. The number of hydrogen-bond donors (Lipinski definition) is 3. The van der Waals surface area contributed by atoms with E-state index in [2.05, 4.69) is 12.2 Å². The third-order valence-corrected chi connectivity index (χ3v) is 3.45. The Kier molecular flexibility index (Phi) is 6.32. The molecule has 1 atom stereocenters. The second-order valence-corrected chi connectivity index (χ2v) is 5.10. The van der Waals surface area contributed by atoms with Crippen molar-refractivity contribution in [2.75, 3.05) is 0 Å². The molecule has 0 bridgehead atoms. The van der Waals surface area contributed by atoms with Gasteiger partial charge in [0.15, 0.2) is 0 Å².